The molecule has 0 saturated carbocycles. The number of carbonyl (C=O) groups excluding carboxylic acids is 3. The molecule has 146 valence electrons. The number of hydrogen-bond donors (Lipinski definition) is 0. The van der Waals surface area contributed by atoms with Crippen molar-refractivity contribution in [2.24, 2.45) is 0 Å². The Morgan fingerprint density at radius 1 is 0.893 bits per heavy atom. The maximum Gasteiger partial charge on any atom is 0.308 e. The number of ether oxygens (including phenoxy) is 4. The lowest BCUT2D eigenvalue weighted by Crippen LogP contribution is -2.17. The van der Waals surface area contributed by atoms with Gasteiger partial charge in [0.2, 0.25) is 5.75 Å². The van der Waals surface area contributed by atoms with Crippen LogP contribution in [0.5, 0.6) is 23.0 Å². The molecule has 0 spiro atoms. The Morgan fingerprint density at radius 2 is 1.46 bits per heavy atom. The third kappa shape index (κ3) is 4.49. The van der Waals surface area contributed by atoms with Crippen molar-refractivity contribution in [2.45, 2.75) is 39.7 Å². The van der Waals surface area contributed by atoms with E-state index in [0.29, 0.717) is 12.0 Å². The van der Waals surface area contributed by atoms with E-state index in [2.05, 4.69) is 0 Å². The summed E-state index contributed by atoms with van der Waals surface area (Å²) in [7, 11) is 0. The third-order valence-corrected chi connectivity index (χ3v) is 4.09. The van der Waals surface area contributed by atoms with Crippen molar-refractivity contribution in [3.05, 3.63) is 47.5 Å². The largest absolute Gasteiger partial charge is 0.485 e. The highest BCUT2D eigenvalue weighted by atomic mass is 16.6. The van der Waals surface area contributed by atoms with Crippen LogP contribution in [0.15, 0.2) is 36.4 Å². The molecular weight excluding hydrogens is 364 g/mol. The molecule has 0 aromatic heterocycles. The predicted octanol–water partition coefficient (Wildman–Crippen LogP) is 3.53. The Labute approximate surface area is 162 Å². The molecule has 0 N–H and O–H groups in total. The maximum absolute atomic E-state index is 11.5. The van der Waals surface area contributed by atoms with Crippen LogP contribution in [0.25, 0.3) is 0 Å². The van der Waals surface area contributed by atoms with Gasteiger partial charge in [0.15, 0.2) is 11.5 Å². The van der Waals surface area contributed by atoms with Crippen molar-refractivity contribution in [2.75, 3.05) is 0 Å². The first-order valence-electron chi connectivity index (χ1n) is 8.81. The van der Waals surface area contributed by atoms with Gasteiger partial charge in [0, 0.05) is 26.3 Å². The average molecular weight is 384 g/mol. The highest BCUT2D eigenvalue weighted by Crippen LogP contribution is 2.43. The predicted molar refractivity (Wildman–Crippen MR) is 98.5 cm³/mol. The summed E-state index contributed by atoms with van der Waals surface area (Å²) in [5, 5.41) is 0. The number of rotatable bonds is 4. The summed E-state index contributed by atoms with van der Waals surface area (Å²) in [6, 6.07) is 10.8. The van der Waals surface area contributed by atoms with Crippen LogP contribution < -0.4 is 18.9 Å². The van der Waals surface area contributed by atoms with E-state index in [9.17, 15) is 14.4 Å². The Hall–Kier alpha value is -3.35. The van der Waals surface area contributed by atoms with Crippen molar-refractivity contribution < 1.29 is 33.3 Å². The molecule has 0 amide bonds. The molecule has 2 aromatic carbocycles. The second-order valence-corrected chi connectivity index (χ2v) is 6.38. The van der Waals surface area contributed by atoms with Crippen LogP contribution in [0.4, 0.5) is 0 Å². The number of benzene rings is 2. The van der Waals surface area contributed by atoms with Crippen LogP contribution in [-0.4, -0.2) is 17.9 Å². The fraction of sp³-hybridized carbons (Fsp3) is 0.286. The molecule has 0 radical (unpaired) electrons. The summed E-state index contributed by atoms with van der Waals surface area (Å²) in [5.41, 5.74) is 1.74. The highest BCUT2D eigenvalue weighted by molar-refractivity contribution is 5.78. The molecule has 1 aliphatic heterocycles. The molecule has 7 nitrogen and oxygen atoms in total. The smallest absolute Gasteiger partial charge is 0.308 e. The number of hydrogen-bond acceptors (Lipinski definition) is 7. The van der Waals surface area contributed by atoms with Gasteiger partial charge in [-0.25, -0.2) is 0 Å². The summed E-state index contributed by atoms with van der Waals surface area (Å²) < 4.78 is 21.6. The first-order valence-corrected chi connectivity index (χ1v) is 8.81. The Balaban J connectivity index is 2.04. The minimum absolute atomic E-state index is 0.0149. The molecule has 1 aliphatic rings. The van der Waals surface area contributed by atoms with Crippen molar-refractivity contribution in [3.8, 4) is 23.0 Å². The van der Waals surface area contributed by atoms with Gasteiger partial charge < -0.3 is 18.9 Å². The Kier molecular flexibility index (Phi) is 5.63. The van der Waals surface area contributed by atoms with Crippen molar-refractivity contribution in [3.63, 3.8) is 0 Å². The lowest BCUT2D eigenvalue weighted by Gasteiger charge is -2.27. The molecule has 0 saturated heterocycles. The zero-order valence-electron chi connectivity index (χ0n) is 15.8. The van der Waals surface area contributed by atoms with Gasteiger partial charge in [-0.3, -0.25) is 14.4 Å². The standard InChI is InChI=1S/C21H20O7/c1-12(22)25-19-10-16(11-20(26-13(2)23)21(19)27-14(3)24)18-9-8-15-6-4-5-7-17(15)28-18/h4-7,10-11,18H,8-9H2,1-3H3/t18-/m1/s1. The van der Waals surface area contributed by atoms with Crippen molar-refractivity contribution in [1.29, 1.82) is 0 Å². The minimum atomic E-state index is -0.641. The molecule has 1 atom stereocenters. The molecule has 0 fully saturated rings. The van der Waals surface area contributed by atoms with E-state index in [4.69, 9.17) is 18.9 Å². The first kappa shape index (κ1) is 19.4. The number of carbonyl (C=O) groups is 3. The van der Waals surface area contributed by atoms with Gasteiger partial charge in [-0.15, -0.1) is 0 Å². The molecule has 0 unspecified atom stereocenters. The molecule has 0 bridgehead atoms. The van der Waals surface area contributed by atoms with E-state index in [-0.39, 0.29) is 23.4 Å². The van der Waals surface area contributed by atoms with Gasteiger partial charge in [-0.05, 0) is 36.6 Å². The third-order valence-electron chi connectivity index (χ3n) is 4.09. The molecule has 2 aromatic rings. The summed E-state index contributed by atoms with van der Waals surface area (Å²) in [6.07, 6.45) is 1.14. The van der Waals surface area contributed by atoms with E-state index >= 15 is 0 Å². The van der Waals surface area contributed by atoms with E-state index < -0.39 is 17.9 Å². The van der Waals surface area contributed by atoms with E-state index in [1.54, 1.807) is 12.1 Å². The lowest BCUT2D eigenvalue weighted by molar-refractivity contribution is -0.135. The second kappa shape index (κ2) is 8.12. The molecular formula is C21H20O7. The van der Waals surface area contributed by atoms with Gasteiger partial charge in [-0.2, -0.15) is 0 Å². The monoisotopic (exact) mass is 384 g/mol. The fourth-order valence-electron chi connectivity index (χ4n) is 3.05. The Bertz CT molecular complexity index is 895. The van der Waals surface area contributed by atoms with Crippen LogP contribution >= 0.6 is 0 Å². The van der Waals surface area contributed by atoms with Crippen molar-refractivity contribution >= 4 is 17.9 Å². The van der Waals surface area contributed by atoms with Gasteiger partial charge in [0.25, 0.3) is 0 Å². The van der Waals surface area contributed by atoms with Gasteiger partial charge in [0.1, 0.15) is 11.9 Å². The van der Waals surface area contributed by atoms with Gasteiger partial charge in [-0.1, -0.05) is 18.2 Å². The second-order valence-electron chi connectivity index (χ2n) is 6.38. The van der Waals surface area contributed by atoms with Crippen LogP contribution in [-0.2, 0) is 20.8 Å². The van der Waals surface area contributed by atoms with Crippen molar-refractivity contribution in [1.82, 2.24) is 0 Å². The normalized spacial score (nSPS) is 15.0. The highest BCUT2D eigenvalue weighted by Gasteiger charge is 2.26. The minimum Gasteiger partial charge on any atom is -0.485 e. The number of esters is 3. The topological polar surface area (TPSA) is 88.1 Å². The summed E-state index contributed by atoms with van der Waals surface area (Å²) in [5.74, 6) is -1.23. The zero-order valence-corrected chi connectivity index (χ0v) is 15.8. The number of fused-ring (bicyclic) bond motifs is 1. The van der Waals surface area contributed by atoms with Crippen LogP contribution in [0.2, 0.25) is 0 Å². The van der Waals surface area contributed by atoms with E-state index in [1.165, 1.54) is 20.8 Å². The molecule has 7 heteroatoms. The number of aryl methyl sites for hydroxylation is 1. The van der Waals surface area contributed by atoms with Gasteiger partial charge in [0.05, 0.1) is 0 Å². The quantitative estimate of drug-likeness (QED) is 0.588. The molecule has 0 aliphatic carbocycles. The summed E-state index contributed by atoms with van der Waals surface area (Å²) >= 11 is 0. The van der Waals surface area contributed by atoms with Crippen LogP contribution in [0, 0.1) is 0 Å². The van der Waals surface area contributed by atoms with Gasteiger partial charge >= 0.3 is 17.9 Å². The van der Waals surface area contributed by atoms with Crippen LogP contribution in [0.3, 0.4) is 0 Å². The van der Waals surface area contributed by atoms with E-state index in [0.717, 1.165) is 17.7 Å². The first-order chi connectivity index (χ1) is 13.3. The molecule has 1 heterocycles. The lowest BCUT2D eigenvalue weighted by atomic mass is 9.97. The van der Waals surface area contributed by atoms with Crippen LogP contribution in [0.1, 0.15) is 44.4 Å². The average Bonchev–Trinajstić information content (AvgIpc) is 2.62. The molecule has 28 heavy (non-hydrogen) atoms. The SMILES string of the molecule is CC(=O)Oc1cc([C@H]2CCc3ccccc3O2)cc(OC(C)=O)c1OC(C)=O. The summed E-state index contributed by atoms with van der Waals surface area (Å²) in [6.45, 7) is 3.65. The van der Waals surface area contributed by atoms with E-state index in [1.807, 2.05) is 24.3 Å². The molecule has 3 rings (SSSR count). The number of para-hydroxylation sites is 1. The zero-order chi connectivity index (χ0) is 20.3. The maximum atomic E-state index is 11.5. The fourth-order valence-corrected chi connectivity index (χ4v) is 3.05. The Morgan fingerprint density at radius 3 is 2.04 bits per heavy atom. The summed E-state index contributed by atoms with van der Waals surface area (Å²) in [4.78, 5) is 34.6.